The first-order valence-electron chi connectivity index (χ1n) is 7.83. The molecule has 0 saturated carbocycles. The first-order chi connectivity index (χ1) is 10.6. The Morgan fingerprint density at radius 2 is 2.09 bits per heavy atom. The largest absolute Gasteiger partial charge is 0.389 e. The highest BCUT2D eigenvalue weighted by molar-refractivity contribution is 5.76. The second kappa shape index (κ2) is 6.43. The molecule has 1 atom stereocenters. The summed E-state index contributed by atoms with van der Waals surface area (Å²) in [5, 5.41) is 14.4. The molecule has 0 spiro atoms. The fraction of sp³-hybridized carbons (Fsp3) is 0.714. The van der Waals surface area contributed by atoms with Crippen LogP contribution in [0.2, 0.25) is 0 Å². The van der Waals surface area contributed by atoms with Crippen molar-refractivity contribution in [3.8, 4) is 0 Å². The van der Waals surface area contributed by atoms with Gasteiger partial charge in [0.15, 0.2) is 0 Å². The SMILES string of the molecule is O=C(Cn1ccc([N+](=O)[O-])n1)N1CCCC(N2CCCC2)C1. The number of carbonyl (C=O) groups excluding carboxylic acids is 1. The Balaban J connectivity index is 1.57. The van der Waals surface area contributed by atoms with Gasteiger partial charge in [-0.25, -0.2) is 0 Å². The van der Waals surface area contributed by atoms with E-state index in [2.05, 4.69) is 10.00 Å². The van der Waals surface area contributed by atoms with Crippen LogP contribution < -0.4 is 0 Å². The van der Waals surface area contributed by atoms with Crippen LogP contribution in [-0.2, 0) is 11.3 Å². The molecule has 8 heteroatoms. The molecule has 0 bridgehead atoms. The average Bonchev–Trinajstić information content (AvgIpc) is 3.19. The minimum absolute atomic E-state index is 0.0121. The summed E-state index contributed by atoms with van der Waals surface area (Å²) in [5.74, 6) is -0.233. The predicted molar refractivity (Wildman–Crippen MR) is 79.3 cm³/mol. The summed E-state index contributed by atoms with van der Waals surface area (Å²) in [6.07, 6.45) is 6.16. The Labute approximate surface area is 128 Å². The van der Waals surface area contributed by atoms with E-state index in [0.717, 1.165) is 39.0 Å². The first kappa shape index (κ1) is 15.0. The summed E-state index contributed by atoms with van der Waals surface area (Å²) in [7, 11) is 0. The molecule has 2 fully saturated rings. The third kappa shape index (κ3) is 3.27. The van der Waals surface area contributed by atoms with Gasteiger partial charge >= 0.3 is 5.82 Å². The number of amides is 1. The standard InChI is InChI=1S/C14H21N5O3/c20-14(11-18-9-5-13(15-18)19(21)22)17-8-3-4-12(10-17)16-6-1-2-7-16/h5,9,12H,1-4,6-8,10-11H2. The number of nitrogens with zero attached hydrogens (tertiary/aromatic N) is 5. The molecule has 3 rings (SSSR count). The average molecular weight is 307 g/mol. The van der Waals surface area contributed by atoms with Crippen molar-refractivity contribution in [1.82, 2.24) is 19.6 Å². The molecule has 1 aromatic heterocycles. The molecule has 120 valence electrons. The van der Waals surface area contributed by atoms with E-state index < -0.39 is 4.92 Å². The summed E-state index contributed by atoms with van der Waals surface area (Å²) >= 11 is 0. The third-order valence-corrected chi connectivity index (χ3v) is 4.52. The van der Waals surface area contributed by atoms with Crippen molar-refractivity contribution in [2.45, 2.75) is 38.3 Å². The molecule has 3 heterocycles. The molecule has 2 saturated heterocycles. The lowest BCUT2D eigenvalue weighted by atomic mass is 10.0. The Hall–Kier alpha value is -1.96. The molecule has 0 aliphatic carbocycles. The van der Waals surface area contributed by atoms with Crippen LogP contribution in [0.25, 0.3) is 0 Å². The van der Waals surface area contributed by atoms with Crippen molar-refractivity contribution in [3.63, 3.8) is 0 Å². The van der Waals surface area contributed by atoms with Crippen LogP contribution in [0.15, 0.2) is 12.3 Å². The van der Waals surface area contributed by atoms with E-state index in [-0.39, 0.29) is 18.3 Å². The van der Waals surface area contributed by atoms with Gasteiger partial charge in [0.25, 0.3) is 0 Å². The quantitative estimate of drug-likeness (QED) is 0.609. The molecule has 1 amide bonds. The highest BCUT2D eigenvalue weighted by atomic mass is 16.6. The van der Waals surface area contributed by atoms with Gasteiger partial charge in [0, 0.05) is 19.1 Å². The number of piperidine rings is 1. The topological polar surface area (TPSA) is 84.5 Å². The van der Waals surface area contributed by atoms with Crippen molar-refractivity contribution >= 4 is 11.7 Å². The molecular formula is C14H21N5O3. The number of rotatable bonds is 4. The van der Waals surface area contributed by atoms with Gasteiger partial charge < -0.3 is 15.0 Å². The molecule has 1 aromatic rings. The lowest BCUT2D eigenvalue weighted by Crippen LogP contribution is -2.49. The van der Waals surface area contributed by atoms with E-state index in [1.54, 1.807) is 0 Å². The van der Waals surface area contributed by atoms with E-state index in [1.807, 2.05) is 4.90 Å². The van der Waals surface area contributed by atoms with E-state index in [9.17, 15) is 14.9 Å². The minimum Gasteiger partial charge on any atom is -0.358 e. The summed E-state index contributed by atoms with van der Waals surface area (Å²) in [5.41, 5.74) is 0. The number of hydrogen-bond acceptors (Lipinski definition) is 5. The maximum Gasteiger partial charge on any atom is 0.389 e. The Bertz CT molecular complexity index is 552. The van der Waals surface area contributed by atoms with Gasteiger partial charge in [0.1, 0.15) is 6.54 Å². The normalized spacial score (nSPS) is 22.9. The van der Waals surface area contributed by atoms with E-state index >= 15 is 0 Å². The van der Waals surface area contributed by atoms with Crippen LogP contribution in [0.5, 0.6) is 0 Å². The molecule has 1 unspecified atom stereocenters. The molecule has 0 aromatic carbocycles. The van der Waals surface area contributed by atoms with Crippen LogP contribution in [0, 0.1) is 10.1 Å². The Morgan fingerprint density at radius 3 is 2.77 bits per heavy atom. The smallest absolute Gasteiger partial charge is 0.358 e. The van der Waals surface area contributed by atoms with E-state index in [0.29, 0.717) is 6.04 Å². The van der Waals surface area contributed by atoms with Crippen LogP contribution in [0.1, 0.15) is 25.7 Å². The number of nitro groups is 1. The zero-order chi connectivity index (χ0) is 15.5. The van der Waals surface area contributed by atoms with Crippen LogP contribution in [-0.4, -0.2) is 62.6 Å². The van der Waals surface area contributed by atoms with Gasteiger partial charge in [-0.2, -0.15) is 4.68 Å². The Kier molecular flexibility index (Phi) is 4.37. The van der Waals surface area contributed by atoms with E-state index in [1.165, 1.54) is 29.8 Å². The maximum absolute atomic E-state index is 12.4. The predicted octanol–water partition coefficient (Wildman–Crippen LogP) is 0.878. The van der Waals surface area contributed by atoms with Crippen LogP contribution in [0.3, 0.4) is 0 Å². The van der Waals surface area contributed by atoms with Crippen molar-refractivity contribution in [2.24, 2.45) is 0 Å². The Morgan fingerprint density at radius 1 is 1.32 bits per heavy atom. The number of aromatic nitrogens is 2. The molecule has 2 aliphatic rings. The lowest BCUT2D eigenvalue weighted by Gasteiger charge is -2.37. The fourth-order valence-electron chi connectivity index (χ4n) is 3.36. The zero-order valence-electron chi connectivity index (χ0n) is 12.6. The van der Waals surface area contributed by atoms with Gasteiger partial charge in [-0.05, 0) is 43.7 Å². The highest BCUT2D eigenvalue weighted by Gasteiger charge is 2.29. The van der Waals surface area contributed by atoms with Crippen molar-refractivity contribution in [1.29, 1.82) is 0 Å². The van der Waals surface area contributed by atoms with Gasteiger partial charge in [0.2, 0.25) is 5.91 Å². The number of likely N-dealkylation sites (tertiary alicyclic amines) is 2. The minimum atomic E-state index is -0.550. The monoisotopic (exact) mass is 307 g/mol. The van der Waals surface area contributed by atoms with Crippen LogP contribution >= 0.6 is 0 Å². The first-order valence-corrected chi connectivity index (χ1v) is 7.83. The summed E-state index contributed by atoms with van der Waals surface area (Å²) in [6.45, 7) is 3.88. The fourth-order valence-corrected chi connectivity index (χ4v) is 3.36. The molecule has 22 heavy (non-hydrogen) atoms. The molecular weight excluding hydrogens is 286 g/mol. The second-order valence-electron chi connectivity index (χ2n) is 6.01. The molecule has 2 aliphatic heterocycles. The summed E-state index contributed by atoms with van der Waals surface area (Å²) < 4.78 is 1.35. The highest BCUT2D eigenvalue weighted by Crippen LogP contribution is 2.20. The maximum atomic E-state index is 12.4. The van der Waals surface area contributed by atoms with Gasteiger partial charge in [-0.1, -0.05) is 0 Å². The van der Waals surface area contributed by atoms with Crippen molar-refractivity contribution < 1.29 is 9.72 Å². The number of carbonyl (C=O) groups is 1. The van der Waals surface area contributed by atoms with Crippen molar-refractivity contribution in [3.05, 3.63) is 22.4 Å². The molecule has 0 radical (unpaired) electrons. The summed E-state index contributed by atoms with van der Waals surface area (Å²) in [4.78, 5) is 26.8. The zero-order valence-corrected chi connectivity index (χ0v) is 12.6. The van der Waals surface area contributed by atoms with Gasteiger partial charge in [-0.15, -0.1) is 0 Å². The lowest BCUT2D eigenvalue weighted by molar-refractivity contribution is -0.389. The summed E-state index contributed by atoms with van der Waals surface area (Å²) in [6, 6.07) is 1.78. The van der Waals surface area contributed by atoms with Crippen LogP contribution in [0.4, 0.5) is 5.82 Å². The van der Waals surface area contributed by atoms with Crippen molar-refractivity contribution in [2.75, 3.05) is 26.2 Å². The number of hydrogen-bond donors (Lipinski definition) is 0. The van der Waals surface area contributed by atoms with Gasteiger partial charge in [0.05, 0.1) is 17.4 Å². The van der Waals surface area contributed by atoms with Gasteiger partial charge in [-0.3, -0.25) is 9.69 Å². The molecule has 8 nitrogen and oxygen atoms in total. The second-order valence-corrected chi connectivity index (χ2v) is 6.01. The van der Waals surface area contributed by atoms with E-state index in [4.69, 9.17) is 0 Å². The molecule has 0 N–H and O–H groups in total. The third-order valence-electron chi connectivity index (χ3n) is 4.52.